The van der Waals surface area contributed by atoms with Crippen molar-refractivity contribution in [2.75, 3.05) is 6.54 Å². The van der Waals surface area contributed by atoms with E-state index in [2.05, 4.69) is 49.8 Å². The van der Waals surface area contributed by atoms with Gasteiger partial charge in [-0.15, -0.1) is 0 Å². The van der Waals surface area contributed by atoms with E-state index in [0.717, 1.165) is 53.2 Å². The zero-order valence-corrected chi connectivity index (χ0v) is 16.4. The maximum Gasteiger partial charge on any atom is 0.225 e. The minimum Gasteiger partial charge on any atom is -0.438 e. The summed E-state index contributed by atoms with van der Waals surface area (Å²) in [5.41, 5.74) is 11.5. The minimum atomic E-state index is 0.254. The molecule has 25 heavy (non-hydrogen) atoms. The van der Waals surface area contributed by atoms with E-state index < -0.39 is 0 Å². The summed E-state index contributed by atoms with van der Waals surface area (Å²) in [6.07, 6.45) is 3.35. The highest BCUT2D eigenvalue weighted by molar-refractivity contribution is 5.46. The smallest absolute Gasteiger partial charge is 0.225 e. The maximum atomic E-state index is 6.25. The van der Waals surface area contributed by atoms with Crippen molar-refractivity contribution in [3.8, 4) is 11.6 Å². The molecule has 0 spiro atoms. The second kappa shape index (κ2) is 8.43. The number of aromatic nitrogens is 2. The first-order chi connectivity index (χ1) is 11.9. The van der Waals surface area contributed by atoms with Crippen molar-refractivity contribution >= 4 is 0 Å². The largest absolute Gasteiger partial charge is 0.438 e. The molecule has 2 rings (SSSR count). The van der Waals surface area contributed by atoms with Crippen LogP contribution in [0.5, 0.6) is 11.6 Å². The van der Waals surface area contributed by atoms with Gasteiger partial charge in [-0.3, -0.25) is 0 Å². The van der Waals surface area contributed by atoms with E-state index >= 15 is 0 Å². The summed E-state index contributed by atoms with van der Waals surface area (Å²) in [5, 5.41) is 0. The Kier molecular flexibility index (Phi) is 6.54. The second-order valence-corrected chi connectivity index (χ2v) is 6.99. The lowest BCUT2D eigenvalue weighted by Crippen LogP contribution is -2.17. The standard InChI is InChI=1S/C21H31N3O/c1-7-8-9-18(12-22)19-16(5)21(24-17(6)23-19)25-20-14(3)10-13(2)11-15(20)4/h10-11,18H,7-9,12,22H2,1-6H3. The van der Waals surface area contributed by atoms with Crippen molar-refractivity contribution in [1.29, 1.82) is 0 Å². The van der Waals surface area contributed by atoms with Crippen LogP contribution in [0, 0.1) is 34.6 Å². The van der Waals surface area contributed by atoms with Crippen molar-refractivity contribution in [2.45, 2.75) is 66.7 Å². The molecule has 4 nitrogen and oxygen atoms in total. The summed E-state index contributed by atoms with van der Waals surface area (Å²) in [6, 6.07) is 4.27. The fourth-order valence-electron chi connectivity index (χ4n) is 3.36. The number of aryl methyl sites for hydroxylation is 4. The third kappa shape index (κ3) is 4.57. The first-order valence-corrected chi connectivity index (χ1v) is 9.18. The highest BCUT2D eigenvalue weighted by Crippen LogP contribution is 2.33. The summed E-state index contributed by atoms with van der Waals surface area (Å²) >= 11 is 0. The Morgan fingerprint density at radius 1 is 1.04 bits per heavy atom. The number of unbranched alkanes of at least 4 members (excludes halogenated alkanes) is 1. The topological polar surface area (TPSA) is 61.0 Å². The number of nitrogens with zero attached hydrogens (tertiary/aromatic N) is 2. The molecule has 0 aliphatic heterocycles. The molecule has 136 valence electrons. The predicted octanol–water partition coefficient (Wildman–Crippen LogP) is 5.04. The molecule has 0 amide bonds. The summed E-state index contributed by atoms with van der Waals surface area (Å²) in [6.45, 7) is 13.0. The van der Waals surface area contributed by atoms with Gasteiger partial charge in [0.15, 0.2) is 0 Å². The molecule has 1 aromatic heterocycles. The van der Waals surface area contributed by atoms with Crippen LogP contribution in [0.4, 0.5) is 0 Å². The summed E-state index contributed by atoms with van der Waals surface area (Å²) in [5.74, 6) is 2.51. The molecule has 0 bridgehead atoms. The van der Waals surface area contributed by atoms with Crippen molar-refractivity contribution in [3.63, 3.8) is 0 Å². The fourth-order valence-corrected chi connectivity index (χ4v) is 3.36. The number of hydrogen-bond donors (Lipinski definition) is 1. The van der Waals surface area contributed by atoms with E-state index in [-0.39, 0.29) is 5.92 Å². The number of ether oxygens (including phenoxy) is 1. The van der Waals surface area contributed by atoms with Crippen molar-refractivity contribution in [2.24, 2.45) is 5.73 Å². The SMILES string of the molecule is CCCCC(CN)c1nc(C)nc(Oc2c(C)cc(C)cc2C)c1C. The Morgan fingerprint density at radius 2 is 1.68 bits per heavy atom. The monoisotopic (exact) mass is 341 g/mol. The third-order valence-electron chi connectivity index (χ3n) is 4.63. The Labute approximate surface area is 151 Å². The highest BCUT2D eigenvalue weighted by Gasteiger charge is 2.19. The molecule has 0 radical (unpaired) electrons. The first-order valence-electron chi connectivity index (χ1n) is 9.18. The molecule has 0 fully saturated rings. The molecule has 4 heteroatoms. The van der Waals surface area contributed by atoms with Crippen LogP contribution in [-0.2, 0) is 0 Å². The van der Waals surface area contributed by atoms with Gasteiger partial charge in [0.1, 0.15) is 11.6 Å². The van der Waals surface area contributed by atoms with E-state index in [1.54, 1.807) is 0 Å². The molecule has 1 heterocycles. The molecule has 1 unspecified atom stereocenters. The number of hydrogen-bond acceptors (Lipinski definition) is 4. The third-order valence-corrected chi connectivity index (χ3v) is 4.63. The first kappa shape index (κ1) is 19.4. The van der Waals surface area contributed by atoms with Gasteiger partial charge in [0.25, 0.3) is 0 Å². The molecule has 0 saturated carbocycles. The van der Waals surface area contributed by atoms with Crippen LogP contribution in [0.1, 0.15) is 65.9 Å². The van der Waals surface area contributed by atoms with Gasteiger partial charge >= 0.3 is 0 Å². The summed E-state index contributed by atoms with van der Waals surface area (Å²) in [4.78, 5) is 9.24. The molecule has 0 aliphatic carbocycles. The molecule has 2 aromatic rings. The summed E-state index contributed by atoms with van der Waals surface area (Å²) < 4.78 is 6.25. The van der Waals surface area contributed by atoms with Crippen LogP contribution in [0.3, 0.4) is 0 Å². The zero-order chi connectivity index (χ0) is 18.6. The lowest BCUT2D eigenvalue weighted by molar-refractivity contribution is 0.444. The predicted molar refractivity (Wildman–Crippen MR) is 104 cm³/mol. The molecular weight excluding hydrogens is 310 g/mol. The quantitative estimate of drug-likeness (QED) is 0.766. The Hall–Kier alpha value is -1.94. The van der Waals surface area contributed by atoms with Gasteiger partial charge in [-0.25, -0.2) is 4.98 Å². The van der Waals surface area contributed by atoms with Crippen LogP contribution in [0.15, 0.2) is 12.1 Å². The van der Waals surface area contributed by atoms with E-state index in [9.17, 15) is 0 Å². The molecule has 1 atom stereocenters. The Balaban J connectivity index is 2.43. The van der Waals surface area contributed by atoms with Gasteiger partial charge in [-0.1, -0.05) is 37.5 Å². The minimum absolute atomic E-state index is 0.254. The number of benzene rings is 1. The van der Waals surface area contributed by atoms with Crippen LogP contribution in [-0.4, -0.2) is 16.5 Å². The van der Waals surface area contributed by atoms with Crippen molar-refractivity contribution < 1.29 is 4.74 Å². The van der Waals surface area contributed by atoms with E-state index in [0.29, 0.717) is 12.4 Å². The van der Waals surface area contributed by atoms with Crippen LogP contribution in [0.25, 0.3) is 0 Å². The van der Waals surface area contributed by atoms with Gasteiger partial charge in [-0.05, 0) is 52.2 Å². The average molecular weight is 341 g/mol. The highest BCUT2D eigenvalue weighted by atomic mass is 16.5. The zero-order valence-electron chi connectivity index (χ0n) is 16.4. The van der Waals surface area contributed by atoms with Crippen LogP contribution in [0.2, 0.25) is 0 Å². The normalized spacial score (nSPS) is 12.3. The van der Waals surface area contributed by atoms with Gasteiger partial charge in [0, 0.05) is 18.0 Å². The van der Waals surface area contributed by atoms with Gasteiger partial charge in [0.2, 0.25) is 5.88 Å². The van der Waals surface area contributed by atoms with Crippen LogP contribution >= 0.6 is 0 Å². The second-order valence-electron chi connectivity index (χ2n) is 6.99. The van der Waals surface area contributed by atoms with Crippen molar-refractivity contribution in [1.82, 2.24) is 9.97 Å². The molecule has 0 aliphatic rings. The lowest BCUT2D eigenvalue weighted by Gasteiger charge is -2.20. The molecule has 1 aromatic carbocycles. The fraction of sp³-hybridized carbons (Fsp3) is 0.524. The Bertz CT molecular complexity index is 717. The van der Waals surface area contributed by atoms with Gasteiger partial charge < -0.3 is 10.5 Å². The Morgan fingerprint density at radius 3 is 2.24 bits per heavy atom. The van der Waals surface area contributed by atoms with Crippen LogP contribution < -0.4 is 10.5 Å². The van der Waals surface area contributed by atoms with Crippen molar-refractivity contribution in [3.05, 3.63) is 45.9 Å². The average Bonchev–Trinajstić information content (AvgIpc) is 2.55. The molecule has 2 N–H and O–H groups in total. The molecular formula is C21H31N3O. The molecule has 0 saturated heterocycles. The van der Waals surface area contributed by atoms with E-state index in [1.165, 1.54) is 5.56 Å². The van der Waals surface area contributed by atoms with Gasteiger partial charge in [-0.2, -0.15) is 4.98 Å². The number of nitrogens with two attached hydrogens (primary N) is 1. The lowest BCUT2D eigenvalue weighted by atomic mass is 9.95. The van der Waals surface area contributed by atoms with E-state index in [1.807, 2.05) is 13.8 Å². The van der Waals surface area contributed by atoms with E-state index in [4.69, 9.17) is 10.5 Å². The summed E-state index contributed by atoms with van der Waals surface area (Å²) in [7, 11) is 0. The maximum absolute atomic E-state index is 6.25. The number of rotatable bonds is 7. The van der Waals surface area contributed by atoms with Gasteiger partial charge in [0.05, 0.1) is 5.69 Å².